The fraction of sp³-hybridized carbons (Fsp3) is 0.615. The van der Waals surface area contributed by atoms with Crippen molar-refractivity contribution in [3.8, 4) is 0 Å². The molecule has 0 saturated carbocycles. The molecule has 2 rings (SSSR count). The van der Waals surface area contributed by atoms with Gasteiger partial charge in [0.1, 0.15) is 6.61 Å². The highest BCUT2D eigenvalue weighted by atomic mass is 32.1. The van der Waals surface area contributed by atoms with Gasteiger partial charge in [0, 0.05) is 24.5 Å². The van der Waals surface area contributed by atoms with E-state index >= 15 is 0 Å². The predicted octanol–water partition coefficient (Wildman–Crippen LogP) is 1.48. The maximum Gasteiger partial charge on any atom is 0.248 e. The van der Waals surface area contributed by atoms with Gasteiger partial charge in [-0.1, -0.05) is 6.07 Å². The number of thiophene rings is 1. The molecule has 0 aromatic carbocycles. The summed E-state index contributed by atoms with van der Waals surface area (Å²) in [7, 11) is 0. The average Bonchev–Trinajstić information content (AvgIpc) is 2.83. The van der Waals surface area contributed by atoms with Crippen LogP contribution in [0.15, 0.2) is 17.5 Å². The summed E-state index contributed by atoms with van der Waals surface area (Å²) in [5, 5.41) is 5.19. The molecule has 1 fully saturated rings. The smallest absolute Gasteiger partial charge is 0.248 e. The zero-order valence-electron chi connectivity index (χ0n) is 10.9. The van der Waals surface area contributed by atoms with Crippen LogP contribution in [-0.2, 0) is 16.1 Å². The van der Waals surface area contributed by atoms with E-state index in [1.807, 2.05) is 30.2 Å². The molecule has 1 aliphatic rings. The van der Waals surface area contributed by atoms with Crippen LogP contribution in [-0.4, -0.2) is 42.6 Å². The van der Waals surface area contributed by atoms with Gasteiger partial charge in [-0.05, 0) is 25.3 Å². The van der Waals surface area contributed by atoms with Gasteiger partial charge in [0.2, 0.25) is 5.91 Å². The van der Waals surface area contributed by atoms with Crippen LogP contribution in [0.5, 0.6) is 0 Å². The summed E-state index contributed by atoms with van der Waals surface area (Å²) >= 11 is 1.68. The molecule has 100 valence electrons. The fourth-order valence-electron chi connectivity index (χ4n) is 1.87. The van der Waals surface area contributed by atoms with E-state index in [1.54, 1.807) is 11.3 Å². The normalized spacial score (nSPS) is 17.2. The molecule has 0 bridgehead atoms. The van der Waals surface area contributed by atoms with E-state index in [2.05, 4.69) is 11.4 Å². The Morgan fingerprint density at radius 1 is 1.61 bits per heavy atom. The Labute approximate surface area is 112 Å². The summed E-state index contributed by atoms with van der Waals surface area (Å²) in [6.07, 6.45) is 0. The van der Waals surface area contributed by atoms with Crippen molar-refractivity contribution in [3.05, 3.63) is 22.4 Å². The van der Waals surface area contributed by atoms with Crippen LogP contribution in [0.25, 0.3) is 0 Å². The molecule has 1 amide bonds. The van der Waals surface area contributed by atoms with Crippen molar-refractivity contribution in [1.29, 1.82) is 0 Å². The van der Waals surface area contributed by atoms with E-state index in [1.165, 1.54) is 4.88 Å². The summed E-state index contributed by atoms with van der Waals surface area (Å²) in [6.45, 7) is 7.27. The Kier molecular flexibility index (Phi) is 4.37. The number of likely N-dealkylation sites (N-methyl/N-ethyl adjacent to an activating group) is 1. The Balaban J connectivity index is 1.81. The first-order valence-electron chi connectivity index (χ1n) is 6.28. The zero-order valence-corrected chi connectivity index (χ0v) is 11.8. The highest BCUT2D eigenvalue weighted by Crippen LogP contribution is 2.16. The summed E-state index contributed by atoms with van der Waals surface area (Å²) < 4.78 is 5.68. The topological polar surface area (TPSA) is 41.6 Å². The van der Waals surface area contributed by atoms with E-state index < -0.39 is 0 Å². The Bertz CT molecular complexity index is 388. The van der Waals surface area contributed by atoms with Gasteiger partial charge in [0.05, 0.1) is 12.1 Å². The molecule has 1 saturated heterocycles. The molecule has 5 heteroatoms. The molecule has 0 atom stereocenters. The second kappa shape index (κ2) is 5.82. The minimum Gasteiger partial charge on any atom is -0.363 e. The van der Waals surface area contributed by atoms with Crippen molar-refractivity contribution in [2.45, 2.75) is 26.0 Å². The third kappa shape index (κ3) is 3.31. The van der Waals surface area contributed by atoms with E-state index in [0.717, 1.165) is 19.6 Å². The van der Waals surface area contributed by atoms with Gasteiger partial charge in [0.25, 0.3) is 0 Å². The van der Waals surface area contributed by atoms with Crippen LogP contribution < -0.4 is 5.32 Å². The van der Waals surface area contributed by atoms with E-state index in [-0.39, 0.29) is 18.1 Å². The number of nitrogens with one attached hydrogen (secondary N) is 1. The van der Waals surface area contributed by atoms with Crippen molar-refractivity contribution >= 4 is 17.2 Å². The summed E-state index contributed by atoms with van der Waals surface area (Å²) in [4.78, 5) is 15.1. The Morgan fingerprint density at radius 2 is 2.39 bits per heavy atom. The summed E-state index contributed by atoms with van der Waals surface area (Å²) in [5.41, 5.74) is -0.155. The number of nitrogens with zero attached hydrogens (tertiary/aromatic N) is 1. The van der Waals surface area contributed by atoms with Crippen LogP contribution >= 0.6 is 11.3 Å². The lowest BCUT2D eigenvalue weighted by Gasteiger charge is -2.39. The molecule has 18 heavy (non-hydrogen) atoms. The standard InChI is InChI=1S/C13H20N2O2S/c1-3-15(7-11-5-4-6-18-11)12(16)8-17-13(2)9-14-10-13/h4-6,14H,3,7-10H2,1-2H3. The summed E-state index contributed by atoms with van der Waals surface area (Å²) in [6, 6.07) is 4.06. The van der Waals surface area contributed by atoms with Crippen molar-refractivity contribution in [2.75, 3.05) is 26.2 Å². The molecule has 1 aromatic rings. The maximum atomic E-state index is 12.1. The molecular weight excluding hydrogens is 248 g/mol. The molecule has 0 aliphatic carbocycles. The lowest BCUT2D eigenvalue weighted by molar-refractivity contribution is -0.146. The lowest BCUT2D eigenvalue weighted by atomic mass is 10.0. The number of hydrogen-bond acceptors (Lipinski definition) is 4. The largest absolute Gasteiger partial charge is 0.363 e. The maximum absolute atomic E-state index is 12.1. The molecular formula is C13H20N2O2S. The molecule has 1 N–H and O–H groups in total. The number of carbonyl (C=O) groups is 1. The lowest BCUT2D eigenvalue weighted by Crippen LogP contribution is -2.59. The predicted molar refractivity (Wildman–Crippen MR) is 72.6 cm³/mol. The number of hydrogen-bond donors (Lipinski definition) is 1. The minimum absolute atomic E-state index is 0.0685. The minimum atomic E-state index is -0.155. The quantitative estimate of drug-likeness (QED) is 0.849. The molecule has 0 radical (unpaired) electrons. The van der Waals surface area contributed by atoms with Gasteiger partial charge in [0.15, 0.2) is 0 Å². The molecule has 0 spiro atoms. The SMILES string of the molecule is CCN(Cc1cccs1)C(=O)COC1(C)CNC1. The summed E-state index contributed by atoms with van der Waals surface area (Å²) in [5.74, 6) is 0.0685. The van der Waals surface area contributed by atoms with Crippen molar-refractivity contribution in [1.82, 2.24) is 10.2 Å². The van der Waals surface area contributed by atoms with Gasteiger partial charge in [-0.15, -0.1) is 11.3 Å². The van der Waals surface area contributed by atoms with Crippen LogP contribution in [0.1, 0.15) is 18.7 Å². The van der Waals surface area contributed by atoms with Crippen molar-refractivity contribution < 1.29 is 9.53 Å². The van der Waals surface area contributed by atoms with Gasteiger partial charge >= 0.3 is 0 Å². The molecule has 4 nitrogen and oxygen atoms in total. The number of rotatable bonds is 6. The monoisotopic (exact) mass is 268 g/mol. The van der Waals surface area contributed by atoms with Crippen molar-refractivity contribution in [3.63, 3.8) is 0 Å². The zero-order chi connectivity index (χ0) is 13.0. The molecule has 1 aromatic heterocycles. The fourth-order valence-corrected chi connectivity index (χ4v) is 2.59. The Morgan fingerprint density at radius 3 is 2.89 bits per heavy atom. The average molecular weight is 268 g/mol. The van der Waals surface area contributed by atoms with Crippen molar-refractivity contribution in [2.24, 2.45) is 0 Å². The molecule has 1 aliphatic heterocycles. The van der Waals surface area contributed by atoms with Crippen LogP contribution in [0, 0.1) is 0 Å². The third-order valence-corrected chi connectivity index (χ3v) is 4.06. The number of amides is 1. The third-order valence-electron chi connectivity index (χ3n) is 3.20. The first kappa shape index (κ1) is 13.5. The second-order valence-electron chi connectivity index (χ2n) is 4.83. The second-order valence-corrected chi connectivity index (χ2v) is 5.86. The number of carbonyl (C=O) groups excluding carboxylic acids is 1. The first-order chi connectivity index (χ1) is 8.63. The van der Waals surface area contributed by atoms with E-state index in [4.69, 9.17) is 4.74 Å². The van der Waals surface area contributed by atoms with Gasteiger partial charge in [-0.25, -0.2) is 0 Å². The van der Waals surface area contributed by atoms with Crippen LogP contribution in [0.3, 0.4) is 0 Å². The van der Waals surface area contributed by atoms with E-state index in [9.17, 15) is 4.79 Å². The van der Waals surface area contributed by atoms with Crippen LogP contribution in [0.4, 0.5) is 0 Å². The highest BCUT2D eigenvalue weighted by molar-refractivity contribution is 7.09. The number of ether oxygens (including phenoxy) is 1. The van der Waals surface area contributed by atoms with Gasteiger partial charge in [-0.3, -0.25) is 4.79 Å². The van der Waals surface area contributed by atoms with Gasteiger partial charge in [-0.2, -0.15) is 0 Å². The Hall–Kier alpha value is -0.910. The molecule has 0 unspecified atom stereocenters. The van der Waals surface area contributed by atoms with Crippen LogP contribution in [0.2, 0.25) is 0 Å². The molecule has 2 heterocycles. The van der Waals surface area contributed by atoms with E-state index in [0.29, 0.717) is 6.54 Å². The first-order valence-corrected chi connectivity index (χ1v) is 7.16. The van der Waals surface area contributed by atoms with Gasteiger partial charge < -0.3 is 15.0 Å². The highest BCUT2D eigenvalue weighted by Gasteiger charge is 2.33.